The van der Waals surface area contributed by atoms with Crippen LogP contribution in [0.2, 0.25) is 0 Å². The number of nitrogens with zero attached hydrogens (tertiary/aromatic N) is 2. The zero-order valence-electron chi connectivity index (χ0n) is 23.2. The van der Waals surface area contributed by atoms with Gasteiger partial charge in [-0.15, -0.1) is 0 Å². The van der Waals surface area contributed by atoms with Crippen molar-refractivity contribution in [3.63, 3.8) is 0 Å². The number of esters is 1. The largest absolute Gasteiger partial charge is 0.480 e. The van der Waals surface area contributed by atoms with Crippen molar-refractivity contribution in [3.8, 4) is 12.0 Å². The number of para-hydroxylation sites is 1. The lowest BCUT2D eigenvalue weighted by molar-refractivity contribution is -0.140. The highest BCUT2D eigenvalue weighted by Gasteiger charge is 2.32. The summed E-state index contributed by atoms with van der Waals surface area (Å²) >= 11 is 0. The van der Waals surface area contributed by atoms with Gasteiger partial charge in [0.25, 0.3) is 11.9 Å². The summed E-state index contributed by atoms with van der Waals surface area (Å²) in [5, 5.41) is 24.6. The number of methoxy groups -OCH3 is 1. The number of amides is 1. The Kier molecular flexibility index (Phi) is 7.21. The van der Waals surface area contributed by atoms with Crippen molar-refractivity contribution < 1.29 is 23.8 Å². The van der Waals surface area contributed by atoms with Gasteiger partial charge in [0.1, 0.15) is 17.2 Å². The number of hydrogen-bond acceptors (Lipinski definition) is 7. The summed E-state index contributed by atoms with van der Waals surface area (Å²) < 4.78 is 10.8. The molecule has 0 saturated heterocycles. The Morgan fingerprint density at radius 1 is 1.05 bits per heavy atom. The van der Waals surface area contributed by atoms with Crippen LogP contribution in [0.25, 0.3) is 16.7 Å². The van der Waals surface area contributed by atoms with Crippen molar-refractivity contribution in [2.24, 2.45) is 4.99 Å². The molecular formula is C33H29N3O5. The van der Waals surface area contributed by atoms with Gasteiger partial charge in [-0.3, -0.25) is 9.59 Å². The van der Waals surface area contributed by atoms with E-state index in [1.165, 1.54) is 7.11 Å². The van der Waals surface area contributed by atoms with E-state index in [4.69, 9.17) is 14.1 Å². The van der Waals surface area contributed by atoms with Crippen molar-refractivity contribution in [1.29, 1.82) is 5.26 Å². The van der Waals surface area contributed by atoms with Gasteiger partial charge in [-0.1, -0.05) is 69.3 Å². The maximum Gasteiger partial charge on any atom is 0.305 e. The maximum atomic E-state index is 13.2. The summed E-state index contributed by atoms with van der Waals surface area (Å²) in [7, 11) is 1.36. The Morgan fingerprint density at radius 3 is 2.39 bits per heavy atom. The molecule has 5 rings (SSSR count). The number of rotatable bonds is 6. The van der Waals surface area contributed by atoms with E-state index in [-0.39, 0.29) is 35.0 Å². The highest BCUT2D eigenvalue weighted by Crippen LogP contribution is 2.43. The van der Waals surface area contributed by atoms with Gasteiger partial charge in [0.15, 0.2) is 0 Å². The molecule has 2 N–H and O–H groups in total. The number of carbonyl (C=O) groups excluding carboxylic acids is 2. The Morgan fingerprint density at radius 2 is 1.73 bits per heavy atom. The summed E-state index contributed by atoms with van der Waals surface area (Å²) in [5.74, 6) is -1.23. The lowest BCUT2D eigenvalue weighted by Gasteiger charge is -2.20. The number of nitriles is 1. The second-order valence-electron chi connectivity index (χ2n) is 10.8. The first kappa shape index (κ1) is 27.4. The minimum Gasteiger partial charge on any atom is -0.480 e. The van der Waals surface area contributed by atoms with E-state index in [0.29, 0.717) is 45.5 Å². The lowest BCUT2D eigenvalue weighted by Crippen LogP contribution is -2.14. The van der Waals surface area contributed by atoms with Crippen molar-refractivity contribution in [1.82, 2.24) is 0 Å². The van der Waals surface area contributed by atoms with Gasteiger partial charge in [0.05, 0.1) is 24.1 Å². The van der Waals surface area contributed by atoms with Crippen LogP contribution in [0.15, 0.2) is 81.7 Å². The number of benzene rings is 3. The van der Waals surface area contributed by atoms with Gasteiger partial charge in [0, 0.05) is 34.2 Å². The molecule has 1 aliphatic rings. The molecule has 8 heteroatoms. The van der Waals surface area contributed by atoms with Crippen LogP contribution in [0.5, 0.6) is 5.95 Å². The number of aryl methyl sites for hydroxylation is 1. The maximum absolute atomic E-state index is 13.2. The molecule has 0 spiro atoms. The molecule has 2 heterocycles. The van der Waals surface area contributed by atoms with Gasteiger partial charge < -0.3 is 19.6 Å². The third-order valence-electron chi connectivity index (χ3n) is 6.99. The van der Waals surface area contributed by atoms with Gasteiger partial charge >= 0.3 is 5.97 Å². The number of hydrogen-bond donors (Lipinski definition) is 2. The number of fused-ring (bicyclic) bond motifs is 2. The molecule has 4 aromatic rings. The van der Waals surface area contributed by atoms with E-state index in [0.717, 1.165) is 11.1 Å². The summed E-state index contributed by atoms with van der Waals surface area (Å²) in [6, 6.07) is 22.0. The number of furan rings is 1. The monoisotopic (exact) mass is 547 g/mol. The molecular weight excluding hydrogens is 518 g/mol. The van der Waals surface area contributed by atoms with Crippen LogP contribution in [0, 0.1) is 11.3 Å². The Labute approximate surface area is 237 Å². The van der Waals surface area contributed by atoms with Gasteiger partial charge in [0.2, 0.25) is 0 Å². The Hall–Kier alpha value is -5.16. The van der Waals surface area contributed by atoms with Crippen molar-refractivity contribution in [3.05, 3.63) is 100 Å². The molecule has 0 unspecified atom stereocenters. The molecule has 0 bridgehead atoms. The minimum absolute atomic E-state index is 0.155. The number of nitrogens with one attached hydrogen (secondary N) is 1. The third-order valence-corrected chi connectivity index (χ3v) is 6.99. The third kappa shape index (κ3) is 5.22. The average molecular weight is 548 g/mol. The van der Waals surface area contributed by atoms with E-state index in [9.17, 15) is 20.0 Å². The summed E-state index contributed by atoms with van der Waals surface area (Å²) in [6.45, 7) is 6.12. The van der Waals surface area contributed by atoms with Crippen LogP contribution in [-0.2, 0) is 26.2 Å². The predicted octanol–water partition coefficient (Wildman–Crippen LogP) is 6.27. The van der Waals surface area contributed by atoms with Crippen molar-refractivity contribution in [2.75, 3.05) is 12.4 Å². The van der Waals surface area contributed by atoms with Crippen LogP contribution in [-0.4, -0.2) is 29.8 Å². The molecule has 41 heavy (non-hydrogen) atoms. The highest BCUT2D eigenvalue weighted by atomic mass is 16.5. The second kappa shape index (κ2) is 10.8. The van der Waals surface area contributed by atoms with Crippen LogP contribution < -0.4 is 5.32 Å². The molecule has 8 nitrogen and oxygen atoms in total. The standard InChI is InChI=1S/C33H29N3O5/c1-33(2,3)25-17-19(14-15-26(37)40-4)16-23-27(32(39)41-30(23)25)29-22-13-9-8-12-21(22)28(36-29)24(18-34)31(38)35-20-10-6-5-7-11-20/h5-13,16-17,39H,14-15H2,1-4H3,(H,35,38)/b28-24+. The van der Waals surface area contributed by atoms with Crippen LogP contribution in [0.1, 0.15) is 55.0 Å². The molecule has 1 aromatic heterocycles. The second-order valence-corrected chi connectivity index (χ2v) is 10.8. The Bertz CT molecular complexity index is 1780. The number of carbonyl (C=O) groups is 2. The number of ether oxygens (including phenoxy) is 1. The van der Waals surface area contributed by atoms with Crippen LogP contribution in [0.4, 0.5) is 5.69 Å². The zero-order chi connectivity index (χ0) is 29.3. The number of anilines is 1. The van der Waals surface area contributed by atoms with E-state index in [1.807, 2.05) is 57.2 Å². The van der Waals surface area contributed by atoms with E-state index >= 15 is 0 Å². The topological polar surface area (TPSA) is 125 Å². The van der Waals surface area contributed by atoms with Crippen molar-refractivity contribution in [2.45, 2.75) is 39.0 Å². The predicted molar refractivity (Wildman–Crippen MR) is 157 cm³/mol. The highest BCUT2D eigenvalue weighted by molar-refractivity contribution is 6.28. The molecule has 1 amide bonds. The van der Waals surface area contributed by atoms with Crippen molar-refractivity contribution >= 4 is 39.9 Å². The fraction of sp³-hybridized carbons (Fsp3) is 0.212. The number of aliphatic imine (C=N–C) groups is 1. The average Bonchev–Trinajstić information content (AvgIpc) is 3.48. The normalized spacial score (nSPS) is 13.8. The molecule has 0 radical (unpaired) electrons. The summed E-state index contributed by atoms with van der Waals surface area (Å²) in [5.41, 5.74) is 4.48. The SMILES string of the molecule is COC(=O)CCc1cc(C(C)(C)C)c2oc(O)c(C3=N/C(=C(\C#N)C(=O)Nc4ccccc4)c4ccccc43)c2c1. The van der Waals surface area contributed by atoms with Crippen LogP contribution in [0.3, 0.4) is 0 Å². The van der Waals surface area contributed by atoms with Gasteiger partial charge in [-0.05, 0) is 35.6 Å². The van der Waals surface area contributed by atoms with E-state index in [1.54, 1.807) is 36.4 Å². The quantitative estimate of drug-likeness (QED) is 0.167. The molecule has 206 valence electrons. The van der Waals surface area contributed by atoms with E-state index in [2.05, 4.69) is 5.32 Å². The molecule has 0 atom stereocenters. The minimum atomic E-state index is -0.588. The number of aromatic hydroxyl groups is 1. The first-order valence-electron chi connectivity index (χ1n) is 13.2. The zero-order valence-corrected chi connectivity index (χ0v) is 23.2. The fourth-order valence-electron chi connectivity index (χ4n) is 4.96. The molecule has 0 saturated carbocycles. The summed E-state index contributed by atoms with van der Waals surface area (Å²) in [6.07, 6.45) is 0.632. The molecule has 1 aliphatic heterocycles. The fourth-order valence-corrected chi connectivity index (χ4v) is 4.96. The molecule has 3 aromatic carbocycles. The first-order valence-corrected chi connectivity index (χ1v) is 13.2. The molecule has 0 fully saturated rings. The smallest absolute Gasteiger partial charge is 0.305 e. The van der Waals surface area contributed by atoms with Crippen LogP contribution >= 0.6 is 0 Å². The lowest BCUT2D eigenvalue weighted by atomic mass is 9.83. The summed E-state index contributed by atoms with van der Waals surface area (Å²) in [4.78, 5) is 29.9. The van der Waals surface area contributed by atoms with Gasteiger partial charge in [-0.2, -0.15) is 5.26 Å². The van der Waals surface area contributed by atoms with E-state index < -0.39 is 5.91 Å². The van der Waals surface area contributed by atoms with Gasteiger partial charge in [-0.25, -0.2) is 4.99 Å². The molecule has 0 aliphatic carbocycles. The Balaban J connectivity index is 1.70. The first-order chi connectivity index (χ1) is 19.6.